The van der Waals surface area contributed by atoms with E-state index in [1.54, 1.807) is 30.3 Å². The largest absolute Gasteiger partial charge is 0.480 e. The summed E-state index contributed by atoms with van der Waals surface area (Å²) in [6, 6.07) is 8.72. The lowest BCUT2D eigenvalue weighted by Gasteiger charge is -2.05. The molecule has 0 unspecified atom stereocenters. The summed E-state index contributed by atoms with van der Waals surface area (Å²) in [4.78, 5) is 35.8. The van der Waals surface area contributed by atoms with E-state index in [2.05, 4.69) is 4.98 Å². The van der Waals surface area contributed by atoms with Crippen molar-refractivity contribution < 1.29 is 9.90 Å². The van der Waals surface area contributed by atoms with Crippen LogP contribution in [0.5, 0.6) is 0 Å². The Morgan fingerprint density at radius 1 is 1.22 bits per heavy atom. The van der Waals surface area contributed by atoms with Gasteiger partial charge < -0.3 is 5.11 Å². The van der Waals surface area contributed by atoms with Gasteiger partial charge in [0.25, 0.3) is 5.56 Å². The first-order valence-electron chi connectivity index (χ1n) is 5.19. The van der Waals surface area contributed by atoms with E-state index in [9.17, 15) is 14.4 Å². The van der Waals surface area contributed by atoms with Crippen LogP contribution in [0.3, 0.4) is 0 Å². The molecule has 1 heterocycles. The fourth-order valence-electron chi connectivity index (χ4n) is 1.60. The van der Waals surface area contributed by atoms with Gasteiger partial charge in [-0.3, -0.25) is 19.1 Å². The number of hydrogen-bond acceptors (Lipinski definition) is 3. The van der Waals surface area contributed by atoms with Crippen molar-refractivity contribution >= 4 is 5.97 Å². The van der Waals surface area contributed by atoms with E-state index in [0.717, 1.165) is 4.57 Å². The van der Waals surface area contributed by atoms with Crippen molar-refractivity contribution in [3.8, 4) is 11.1 Å². The Balaban J connectivity index is 2.59. The third kappa shape index (κ3) is 2.37. The van der Waals surface area contributed by atoms with Gasteiger partial charge in [0.2, 0.25) is 0 Å². The standard InChI is InChI=1S/C12H10N2O4/c15-10(16)7-14-6-9(11(17)13-12(14)18)8-4-2-1-3-5-8/h1-6H,7H2,(H,15,16)(H,13,17,18). The molecule has 2 rings (SSSR count). The minimum atomic E-state index is -1.15. The molecule has 0 spiro atoms. The summed E-state index contributed by atoms with van der Waals surface area (Å²) in [5, 5.41) is 8.67. The predicted molar refractivity (Wildman–Crippen MR) is 64.4 cm³/mol. The number of aliphatic carboxylic acids is 1. The lowest BCUT2D eigenvalue weighted by atomic mass is 10.1. The SMILES string of the molecule is O=C(O)Cn1cc(-c2ccccc2)c(=O)[nH]c1=O. The van der Waals surface area contributed by atoms with Gasteiger partial charge >= 0.3 is 11.7 Å². The Morgan fingerprint density at radius 2 is 1.89 bits per heavy atom. The number of aromatic nitrogens is 2. The minimum Gasteiger partial charge on any atom is -0.480 e. The quantitative estimate of drug-likeness (QED) is 0.814. The van der Waals surface area contributed by atoms with Crippen LogP contribution in [0.2, 0.25) is 0 Å². The van der Waals surface area contributed by atoms with Crippen LogP contribution in [0.1, 0.15) is 0 Å². The Labute approximate surface area is 101 Å². The smallest absolute Gasteiger partial charge is 0.328 e. The summed E-state index contributed by atoms with van der Waals surface area (Å²) in [6.45, 7) is -0.491. The first kappa shape index (κ1) is 11.8. The Hall–Kier alpha value is -2.63. The van der Waals surface area contributed by atoms with Crippen LogP contribution >= 0.6 is 0 Å². The molecule has 2 aromatic rings. The van der Waals surface area contributed by atoms with Crippen LogP contribution in [0.25, 0.3) is 11.1 Å². The average Bonchev–Trinajstić information content (AvgIpc) is 2.33. The predicted octanol–water partition coefficient (Wildman–Crippen LogP) is 0.288. The summed E-state index contributed by atoms with van der Waals surface area (Å²) >= 11 is 0. The molecular weight excluding hydrogens is 236 g/mol. The molecule has 0 atom stereocenters. The van der Waals surface area contributed by atoms with E-state index >= 15 is 0 Å². The molecule has 1 aromatic heterocycles. The van der Waals surface area contributed by atoms with Gasteiger partial charge in [-0.15, -0.1) is 0 Å². The lowest BCUT2D eigenvalue weighted by molar-refractivity contribution is -0.137. The number of hydrogen-bond donors (Lipinski definition) is 2. The van der Waals surface area contributed by atoms with Crippen molar-refractivity contribution in [1.29, 1.82) is 0 Å². The van der Waals surface area contributed by atoms with Crippen LogP contribution in [-0.2, 0) is 11.3 Å². The number of nitrogens with one attached hydrogen (secondary N) is 1. The molecule has 0 bridgehead atoms. The molecule has 0 aliphatic rings. The summed E-state index contributed by atoms with van der Waals surface area (Å²) < 4.78 is 0.950. The number of carboxylic acids is 1. The molecule has 0 fully saturated rings. The van der Waals surface area contributed by atoms with E-state index in [-0.39, 0.29) is 5.56 Å². The van der Waals surface area contributed by atoms with Crippen LogP contribution in [0, 0.1) is 0 Å². The summed E-state index contributed by atoms with van der Waals surface area (Å²) in [5.41, 5.74) is -0.385. The van der Waals surface area contributed by atoms with Gasteiger partial charge in [0.1, 0.15) is 6.54 Å². The first-order valence-corrected chi connectivity index (χ1v) is 5.19. The molecule has 0 amide bonds. The zero-order valence-electron chi connectivity index (χ0n) is 9.29. The maximum Gasteiger partial charge on any atom is 0.328 e. The zero-order valence-corrected chi connectivity index (χ0v) is 9.29. The molecule has 2 N–H and O–H groups in total. The van der Waals surface area contributed by atoms with Crippen molar-refractivity contribution in [3.63, 3.8) is 0 Å². The summed E-state index contributed by atoms with van der Waals surface area (Å²) in [7, 11) is 0. The molecule has 6 heteroatoms. The van der Waals surface area contributed by atoms with Crippen LogP contribution in [-0.4, -0.2) is 20.6 Å². The summed E-state index contributed by atoms with van der Waals surface area (Å²) in [5.74, 6) is -1.15. The molecule has 0 saturated heterocycles. The van der Waals surface area contributed by atoms with Crippen molar-refractivity contribution in [2.45, 2.75) is 6.54 Å². The van der Waals surface area contributed by atoms with Crippen molar-refractivity contribution in [2.75, 3.05) is 0 Å². The highest BCUT2D eigenvalue weighted by atomic mass is 16.4. The number of benzene rings is 1. The maximum atomic E-state index is 11.7. The molecule has 18 heavy (non-hydrogen) atoms. The van der Waals surface area contributed by atoms with Crippen molar-refractivity contribution in [1.82, 2.24) is 9.55 Å². The molecule has 0 aliphatic heterocycles. The van der Waals surface area contributed by atoms with E-state index in [0.29, 0.717) is 5.56 Å². The molecule has 6 nitrogen and oxygen atoms in total. The normalized spacial score (nSPS) is 10.2. The highest BCUT2D eigenvalue weighted by molar-refractivity contribution is 5.67. The van der Waals surface area contributed by atoms with Gasteiger partial charge in [-0.2, -0.15) is 0 Å². The van der Waals surface area contributed by atoms with Gasteiger partial charge in [-0.25, -0.2) is 4.79 Å². The highest BCUT2D eigenvalue weighted by Crippen LogP contribution is 2.12. The van der Waals surface area contributed by atoms with Gasteiger partial charge in [0.05, 0.1) is 5.56 Å². The Morgan fingerprint density at radius 3 is 2.50 bits per heavy atom. The first-order chi connectivity index (χ1) is 8.58. The second-order valence-electron chi connectivity index (χ2n) is 3.69. The molecule has 0 saturated carbocycles. The number of nitrogens with zero attached hydrogens (tertiary/aromatic N) is 1. The molecule has 1 aromatic carbocycles. The van der Waals surface area contributed by atoms with E-state index in [1.165, 1.54) is 6.20 Å². The van der Waals surface area contributed by atoms with Crippen molar-refractivity contribution in [2.24, 2.45) is 0 Å². The number of rotatable bonds is 3. The van der Waals surface area contributed by atoms with Crippen LogP contribution in [0.4, 0.5) is 0 Å². The fraction of sp³-hybridized carbons (Fsp3) is 0.0833. The van der Waals surface area contributed by atoms with Gasteiger partial charge in [-0.05, 0) is 5.56 Å². The molecule has 0 radical (unpaired) electrons. The third-order valence-electron chi connectivity index (χ3n) is 2.40. The Kier molecular flexibility index (Phi) is 3.09. The van der Waals surface area contributed by atoms with E-state index in [1.807, 2.05) is 0 Å². The Bertz CT molecular complexity index is 685. The fourth-order valence-corrected chi connectivity index (χ4v) is 1.60. The van der Waals surface area contributed by atoms with Gasteiger partial charge in [-0.1, -0.05) is 30.3 Å². The monoisotopic (exact) mass is 246 g/mol. The summed E-state index contributed by atoms with van der Waals surface area (Å²) in [6.07, 6.45) is 1.25. The highest BCUT2D eigenvalue weighted by Gasteiger charge is 2.08. The topological polar surface area (TPSA) is 92.2 Å². The van der Waals surface area contributed by atoms with Crippen LogP contribution in [0.15, 0.2) is 46.1 Å². The van der Waals surface area contributed by atoms with Gasteiger partial charge in [0, 0.05) is 6.20 Å². The van der Waals surface area contributed by atoms with Gasteiger partial charge in [0.15, 0.2) is 0 Å². The number of aromatic amines is 1. The lowest BCUT2D eigenvalue weighted by Crippen LogP contribution is -2.32. The molecule has 92 valence electrons. The minimum absolute atomic E-state index is 0.261. The second-order valence-corrected chi connectivity index (χ2v) is 3.69. The maximum absolute atomic E-state index is 11.7. The molecule has 0 aliphatic carbocycles. The second kappa shape index (κ2) is 4.70. The molecular formula is C12H10N2O4. The van der Waals surface area contributed by atoms with E-state index in [4.69, 9.17) is 5.11 Å². The average molecular weight is 246 g/mol. The zero-order chi connectivity index (χ0) is 13.1. The number of carboxylic acid groups (broad SMARTS) is 1. The van der Waals surface area contributed by atoms with Crippen LogP contribution < -0.4 is 11.2 Å². The number of carbonyl (C=O) groups is 1. The third-order valence-corrected chi connectivity index (χ3v) is 2.40. The van der Waals surface area contributed by atoms with Crippen molar-refractivity contribution in [3.05, 3.63) is 57.4 Å². The van der Waals surface area contributed by atoms with E-state index < -0.39 is 23.8 Å². The number of H-pyrrole nitrogens is 1.